The van der Waals surface area contributed by atoms with Crippen molar-refractivity contribution in [3.05, 3.63) is 65.9 Å². The standard InChI is InChI=1S/C21H20N4S/c1-21(2,3)15-6-4-14(5-7-15)18-11-20(23-12-22-18)25-16-8-9-17-19(10-16)26-13-24-17/h4-13H,1-3H3,(H,22,23,25). The van der Waals surface area contributed by atoms with Crippen LogP contribution < -0.4 is 5.32 Å². The van der Waals surface area contributed by atoms with E-state index in [0.29, 0.717) is 0 Å². The maximum atomic E-state index is 4.43. The Morgan fingerprint density at radius 3 is 2.46 bits per heavy atom. The molecule has 130 valence electrons. The van der Waals surface area contributed by atoms with Gasteiger partial charge in [0, 0.05) is 17.3 Å². The van der Waals surface area contributed by atoms with Crippen LogP contribution in [0.1, 0.15) is 26.3 Å². The largest absolute Gasteiger partial charge is 0.340 e. The van der Waals surface area contributed by atoms with Gasteiger partial charge in [-0.1, -0.05) is 45.0 Å². The molecule has 2 aromatic heterocycles. The number of rotatable bonds is 3. The maximum Gasteiger partial charge on any atom is 0.134 e. The predicted molar refractivity (Wildman–Crippen MR) is 109 cm³/mol. The lowest BCUT2D eigenvalue weighted by Crippen LogP contribution is -2.10. The molecule has 0 radical (unpaired) electrons. The van der Waals surface area contributed by atoms with Crippen LogP contribution >= 0.6 is 11.3 Å². The number of nitrogens with zero attached hydrogens (tertiary/aromatic N) is 3. The van der Waals surface area contributed by atoms with Crippen molar-refractivity contribution in [2.24, 2.45) is 0 Å². The molecule has 4 rings (SSSR count). The third-order valence-electron chi connectivity index (χ3n) is 4.32. The molecular formula is C21H20N4S. The molecular weight excluding hydrogens is 340 g/mol. The van der Waals surface area contributed by atoms with Crippen molar-refractivity contribution in [1.29, 1.82) is 0 Å². The number of hydrogen-bond donors (Lipinski definition) is 1. The second kappa shape index (κ2) is 6.50. The first kappa shape index (κ1) is 16.7. The molecule has 0 fully saturated rings. The van der Waals surface area contributed by atoms with Crippen molar-refractivity contribution in [3.63, 3.8) is 0 Å². The molecule has 2 aromatic carbocycles. The summed E-state index contributed by atoms with van der Waals surface area (Å²) in [5.41, 5.74) is 7.32. The summed E-state index contributed by atoms with van der Waals surface area (Å²) in [4.78, 5) is 13.1. The van der Waals surface area contributed by atoms with Gasteiger partial charge in [0.2, 0.25) is 0 Å². The van der Waals surface area contributed by atoms with E-state index in [9.17, 15) is 0 Å². The Labute approximate surface area is 157 Å². The second-order valence-corrected chi connectivity index (χ2v) is 8.16. The number of nitrogens with one attached hydrogen (secondary N) is 1. The number of benzene rings is 2. The molecule has 0 spiro atoms. The Kier molecular flexibility index (Phi) is 4.17. The summed E-state index contributed by atoms with van der Waals surface area (Å²) in [6.45, 7) is 6.65. The van der Waals surface area contributed by atoms with Crippen molar-refractivity contribution in [2.75, 3.05) is 5.32 Å². The highest BCUT2D eigenvalue weighted by molar-refractivity contribution is 7.16. The number of hydrogen-bond acceptors (Lipinski definition) is 5. The van der Waals surface area contributed by atoms with Crippen molar-refractivity contribution < 1.29 is 0 Å². The lowest BCUT2D eigenvalue weighted by atomic mass is 9.86. The summed E-state index contributed by atoms with van der Waals surface area (Å²) < 4.78 is 1.15. The van der Waals surface area contributed by atoms with E-state index in [4.69, 9.17) is 0 Å². The molecule has 0 aliphatic rings. The van der Waals surface area contributed by atoms with Crippen LogP contribution in [0.4, 0.5) is 11.5 Å². The first-order valence-corrected chi connectivity index (χ1v) is 9.40. The number of aromatic nitrogens is 3. The highest BCUT2D eigenvalue weighted by Gasteiger charge is 2.13. The van der Waals surface area contributed by atoms with Gasteiger partial charge >= 0.3 is 0 Å². The van der Waals surface area contributed by atoms with Crippen LogP contribution in [-0.4, -0.2) is 15.0 Å². The van der Waals surface area contributed by atoms with Gasteiger partial charge in [-0.15, -0.1) is 11.3 Å². The lowest BCUT2D eigenvalue weighted by molar-refractivity contribution is 0.590. The highest BCUT2D eigenvalue weighted by Crippen LogP contribution is 2.27. The number of anilines is 2. The van der Waals surface area contributed by atoms with E-state index in [1.165, 1.54) is 5.56 Å². The van der Waals surface area contributed by atoms with Crippen molar-refractivity contribution in [1.82, 2.24) is 15.0 Å². The van der Waals surface area contributed by atoms with Gasteiger partial charge in [-0.3, -0.25) is 0 Å². The molecule has 0 saturated heterocycles. The topological polar surface area (TPSA) is 50.7 Å². The Morgan fingerprint density at radius 2 is 1.69 bits per heavy atom. The third-order valence-corrected chi connectivity index (χ3v) is 5.11. The Hall–Kier alpha value is -2.79. The summed E-state index contributed by atoms with van der Waals surface area (Å²) in [6.07, 6.45) is 1.60. The highest BCUT2D eigenvalue weighted by atomic mass is 32.1. The van der Waals surface area contributed by atoms with Crippen LogP contribution in [0.2, 0.25) is 0 Å². The summed E-state index contributed by atoms with van der Waals surface area (Å²) in [6, 6.07) is 16.7. The minimum atomic E-state index is 0.145. The van der Waals surface area contributed by atoms with Crippen molar-refractivity contribution in [3.8, 4) is 11.3 Å². The minimum Gasteiger partial charge on any atom is -0.340 e. The first-order valence-electron chi connectivity index (χ1n) is 8.52. The molecule has 4 nitrogen and oxygen atoms in total. The van der Waals surface area contributed by atoms with Crippen molar-refractivity contribution >= 4 is 33.1 Å². The fourth-order valence-electron chi connectivity index (χ4n) is 2.81. The molecule has 0 aliphatic heterocycles. The van der Waals surface area contributed by atoms with E-state index in [-0.39, 0.29) is 5.41 Å². The molecule has 1 N–H and O–H groups in total. The predicted octanol–water partition coefficient (Wildman–Crippen LogP) is 5.79. The van der Waals surface area contributed by atoms with Crippen LogP contribution in [0, 0.1) is 0 Å². The van der Waals surface area contributed by atoms with E-state index in [0.717, 1.165) is 33.0 Å². The quantitative estimate of drug-likeness (QED) is 0.502. The second-order valence-electron chi connectivity index (χ2n) is 7.28. The molecule has 26 heavy (non-hydrogen) atoms. The van der Waals surface area contributed by atoms with E-state index >= 15 is 0 Å². The van der Waals surface area contributed by atoms with Gasteiger partial charge < -0.3 is 5.32 Å². The zero-order chi connectivity index (χ0) is 18.1. The van der Waals surface area contributed by atoms with Crippen LogP contribution in [0.3, 0.4) is 0 Å². The summed E-state index contributed by atoms with van der Waals surface area (Å²) in [5, 5.41) is 3.36. The zero-order valence-electron chi connectivity index (χ0n) is 15.0. The van der Waals surface area contributed by atoms with E-state index in [1.807, 2.05) is 23.7 Å². The Balaban J connectivity index is 1.60. The van der Waals surface area contributed by atoms with E-state index in [2.05, 4.69) is 71.4 Å². The van der Waals surface area contributed by atoms with Gasteiger partial charge in [0.15, 0.2) is 0 Å². The van der Waals surface area contributed by atoms with Gasteiger partial charge in [0.05, 0.1) is 21.4 Å². The van der Waals surface area contributed by atoms with E-state index in [1.54, 1.807) is 17.7 Å². The number of thiazole rings is 1. The molecule has 0 aliphatic carbocycles. The van der Waals surface area contributed by atoms with E-state index < -0.39 is 0 Å². The Morgan fingerprint density at radius 1 is 0.885 bits per heavy atom. The van der Waals surface area contributed by atoms with Gasteiger partial charge in [-0.25, -0.2) is 15.0 Å². The smallest absolute Gasteiger partial charge is 0.134 e. The third kappa shape index (κ3) is 3.44. The van der Waals surface area contributed by atoms with Crippen LogP contribution in [0.15, 0.2) is 60.4 Å². The lowest BCUT2D eigenvalue weighted by Gasteiger charge is -2.19. The Bertz CT molecular complexity index is 1050. The van der Waals surface area contributed by atoms with Crippen LogP contribution in [-0.2, 0) is 5.41 Å². The zero-order valence-corrected chi connectivity index (χ0v) is 15.8. The molecule has 0 atom stereocenters. The van der Waals surface area contributed by atoms with Crippen molar-refractivity contribution in [2.45, 2.75) is 26.2 Å². The average molecular weight is 360 g/mol. The van der Waals surface area contributed by atoms with Gasteiger partial charge in [-0.05, 0) is 29.2 Å². The summed E-state index contributed by atoms with van der Waals surface area (Å²) in [5.74, 6) is 0.777. The summed E-state index contributed by atoms with van der Waals surface area (Å²) in [7, 11) is 0. The fraction of sp³-hybridized carbons (Fsp3) is 0.190. The van der Waals surface area contributed by atoms with Crippen LogP contribution in [0.25, 0.3) is 21.5 Å². The molecule has 4 aromatic rings. The van der Waals surface area contributed by atoms with Gasteiger partial charge in [0.1, 0.15) is 12.1 Å². The first-order chi connectivity index (χ1) is 12.5. The molecule has 0 amide bonds. The van der Waals surface area contributed by atoms with Crippen LogP contribution in [0.5, 0.6) is 0 Å². The molecule has 0 saturated carbocycles. The maximum absolute atomic E-state index is 4.43. The molecule has 2 heterocycles. The fourth-order valence-corrected chi connectivity index (χ4v) is 3.52. The van der Waals surface area contributed by atoms with Gasteiger partial charge in [0.25, 0.3) is 0 Å². The summed E-state index contributed by atoms with van der Waals surface area (Å²) >= 11 is 1.63. The molecule has 5 heteroatoms. The normalized spacial score (nSPS) is 11.7. The average Bonchev–Trinajstić information content (AvgIpc) is 3.09. The number of fused-ring (bicyclic) bond motifs is 1. The molecule has 0 bridgehead atoms. The SMILES string of the molecule is CC(C)(C)c1ccc(-c2cc(Nc3ccc4ncsc4c3)ncn2)cc1. The molecule has 0 unspecified atom stereocenters. The minimum absolute atomic E-state index is 0.145. The van der Waals surface area contributed by atoms with Gasteiger partial charge in [-0.2, -0.15) is 0 Å². The monoisotopic (exact) mass is 360 g/mol.